The van der Waals surface area contributed by atoms with Crippen LogP contribution < -0.4 is 10.1 Å². The lowest BCUT2D eigenvalue weighted by Gasteiger charge is -2.11. The minimum atomic E-state index is 0.447. The summed E-state index contributed by atoms with van der Waals surface area (Å²) in [6.45, 7) is 0. The molecule has 0 saturated carbocycles. The number of benzene rings is 1. The molecule has 0 aliphatic rings. The smallest absolute Gasteiger partial charge is 0.233 e. The van der Waals surface area contributed by atoms with Crippen LogP contribution in [0.4, 0.5) is 11.5 Å². The van der Waals surface area contributed by atoms with Crippen molar-refractivity contribution < 1.29 is 4.74 Å². The highest BCUT2D eigenvalue weighted by Crippen LogP contribution is 2.26. The molecule has 3 aromatic rings. The van der Waals surface area contributed by atoms with Crippen LogP contribution in [-0.4, -0.2) is 32.1 Å². The van der Waals surface area contributed by atoms with E-state index in [0.29, 0.717) is 16.7 Å². The first-order valence-corrected chi connectivity index (χ1v) is 6.43. The highest BCUT2D eigenvalue weighted by atomic mass is 35.5. The highest BCUT2D eigenvalue weighted by Gasteiger charge is 2.08. The number of anilines is 2. The predicted molar refractivity (Wildman–Crippen MR) is 78.2 cm³/mol. The summed E-state index contributed by atoms with van der Waals surface area (Å²) in [6, 6.07) is 8.89. The van der Waals surface area contributed by atoms with Crippen LogP contribution in [0.3, 0.4) is 0 Å². The second-order valence-electron chi connectivity index (χ2n) is 4.09. The fraction of sp³-hybridized carbons (Fsp3) is 0.0769. The van der Waals surface area contributed by atoms with Crippen LogP contribution in [0.25, 0.3) is 5.69 Å². The Morgan fingerprint density at radius 1 is 1.19 bits per heavy atom. The van der Waals surface area contributed by atoms with E-state index in [1.165, 1.54) is 13.4 Å². The first kappa shape index (κ1) is 13.3. The molecule has 1 aromatic carbocycles. The van der Waals surface area contributed by atoms with Gasteiger partial charge >= 0.3 is 0 Å². The predicted octanol–water partition coefficient (Wildman–Crippen LogP) is 2.46. The maximum atomic E-state index is 6.05. The van der Waals surface area contributed by atoms with E-state index in [-0.39, 0.29) is 0 Å². The number of methoxy groups -OCH3 is 1. The molecule has 0 aliphatic heterocycles. The molecular weight excluding hydrogens is 292 g/mol. The lowest BCUT2D eigenvalue weighted by molar-refractivity contribution is 0.392. The van der Waals surface area contributed by atoms with Gasteiger partial charge < -0.3 is 10.1 Å². The Balaban J connectivity index is 1.95. The van der Waals surface area contributed by atoms with Gasteiger partial charge in [-0.05, 0) is 24.3 Å². The van der Waals surface area contributed by atoms with Crippen molar-refractivity contribution in [3.05, 3.63) is 48.0 Å². The number of nitrogens with zero attached hydrogens (tertiary/aromatic N) is 5. The summed E-state index contributed by atoms with van der Waals surface area (Å²) >= 11 is 6.05. The van der Waals surface area contributed by atoms with E-state index in [1.807, 2.05) is 6.07 Å². The van der Waals surface area contributed by atoms with Crippen LogP contribution in [-0.2, 0) is 0 Å². The third kappa shape index (κ3) is 2.92. The molecule has 21 heavy (non-hydrogen) atoms. The van der Waals surface area contributed by atoms with Crippen molar-refractivity contribution in [2.45, 2.75) is 0 Å². The van der Waals surface area contributed by atoms with Gasteiger partial charge in [0.15, 0.2) is 5.82 Å². The van der Waals surface area contributed by atoms with Crippen LogP contribution in [0.1, 0.15) is 0 Å². The Morgan fingerprint density at radius 3 is 2.76 bits per heavy atom. The molecule has 8 heteroatoms. The Morgan fingerprint density at radius 2 is 2.10 bits per heavy atom. The maximum absolute atomic E-state index is 6.05. The van der Waals surface area contributed by atoms with Crippen LogP contribution in [0.2, 0.25) is 5.02 Å². The molecule has 0 atom stereocenters. The molecule has 2 heterocycles. The fourth-order valence-corrected chi connectivity index (χ4v) is 1.95. The van der Waals surface area contributed by atoms with Crippen LogP contribution in [0.15, 0.2) is 43.0 Å². The Labute approximate surface area is 125 Å². The molecule has 0 aliphatic carbocycles. The van der Waals surface area contributed by atoms with E-state index in [1.54, 1.807) is 35.3 Å². The molecule has 2 aromatic heterocycles. The summed E-state index contributed by atoms with van der Waals surface area (Å²) in [4.78, 5) is 3.94. The molecule has 0 bridgehead atoms. The molecule has 0 spiro atoms. The second kappa shape index (κ2) is 5.76. The SMILES string of the molecule is COc1ccc(Nc2cc(Cl)ccc2-n2cncn2)nn1. The lowest BCUT2D eigenvalue weighted by atomic mass is 10.2. The van der Waals surface area contributed by atoms with Crippen molar-refractivity contribution in [2.24, 2.45) is 0 Å². The summed E-state index contributed by atoms with van der Waals surface area (Å²) in [5.41, 5.74) is 1.54. The summed E-state index contributed by atoms with van der Waals surface area (Å²) in [5, 5.41) is 15.8. The quantitative estimate of drug-likeness (QED) is 0.797. The van der Waals surface area contributed by atoms with E-state index in [0.717, 1.165) is 11.4 Å². The van der Waals surface area contributed by atoms with Gasteiger partial charge in [-0.3, -0.25) is 0 Å². The number of nitrogens with one attached hydrogen (secondary N) is 1. The van der Waals surface area contributed by atoms with Crippen molar-refractivity contribution in [3.8, 4) is 11.6 Å². The standard InChI is InChI=1S/C13H11ClN6O/c1-21-13-5-4-12(18-19-13)17-10-6-9(14)2-3-11(10)20-8-15-7-16-20/h2-8H,1H3,(H,17,18). The van der Waals surface area contributed by atoms with Gasteiger partial charge in [-0.15, -0.1) is 10.2 Å². The minimum absolute atomic E-state index is 0.447. The van der Waals surface area contributed by atoms with Gasteiger partial charge in [-0.1, -0.05) is 11.6 Å². The average Bonchev–Trinajstić information content (AvgIpc) is 3.02. The number of hydrogen-bond donors (Lipinski definition) is 1. The van der Waals surface area contributed by atoms with Crippen molar-refractivity contribution >= 4 is 23.1 Å². The molecule has 0 unspecified atom stereocenters. The van der Waals surface area contributed by atoms with Gasteiger partial charge in [-0.25, -0.2) is 9.67 Å². The van der Waals surface area contributed by atoms with E-state index in [4.69, 9.17) is 16.3 Å². The van der Waals surface area contributed by atoms with Crippen LogP contribution in [0, 0.1) is 0 Å². The van der Waals surface area contributed by atoms with Gasteiger partial charge in [0.1, 0.15) is 12.7 Å². The monoisotopic (exact) mass is 302 g/mol. The van der Waals surface area contributed by atoms with Gasteiger partial charge in [0.25, 0.3) is 0 Å². The van der Waals surface area contributed by atoms with E-state index in [2.05, 4.69) is 25.6 Å². The number of hydrogen-bond acceptors (Lipinski definition) is 6. The maximum Gasteiger partial charge on any atom is 0.233 e. The Hall–Kier alpha value is -2.67. The molecule has 0 saturated heterocycles. The van der Waals surface area contributed by atoms with E-state index >= 15 is 0 Å². The summed E-state index contributed by atoms with van der Waals surface area (Å²) in [6.07, 6.45) is 3.07. The van der Waals surface area contributed by atoms with Crippen LogP contribution in [0.5, 0.6) is 5.88 Å². The molecule has 3 rings (SSSR count). The number of aromatic nitrogens is 5. The summed E-state index contributed by atoms with van der Waals surface area (Å²) < 4.78 is 6.61. The fourth-order valence-electron chi connectivity index (χ4n) is 1.77. The van der Waals surface area contributed by atoms with Crippen molar-refractivity contribution in [1.29, 1.82) is 0 Å². The summed E-state index contributed by atoms with van der Waals surface area (Å²) in [7, 11) is 1.54. The zero-order valence-corrected chi connectivity index (χ0v) is 11.8. The van der Waals surface area contributed by atoms with E-state index < -0.39 is 0 Å². The van der Waals surface area contributed by atoms with Crippen LogP contribution >= 0.6 is 11.6 Å². The van der Waals surface area contributed by atoms with Gasteiger partial charge in [0.05, 0.1) is 18.5 Å². The summed E-state index contributed by atoms with van der Waals surface area (Å²) in [5.74, 6) is 1.02. The molecule has 1 N–H and O–H groups in total. The third-order valence-corrected chi connectivity index (χ3v) is 2.97. The largest absolute Gasteiger partial charge is 0.480 e. The van der Waals surface area contributed by atoms with E-state index in [9.17, 15) is 0 Å². The first-order valence-electron chi connectivity index (χ1n) is 6.05. The van der Waals surface area contributed by atoms with Gasteiger partial charge in [0.2, 0.25) is 5.88 Å². The molecule has 0 fully saturated rings. The molecule has 7 nitrogen and oxygen atoms in total. The topological polar surface area (TPSA) is 77.8 Å². The highest BCUT2D eigenvalue weighted by molar-refractivity contribution is 6.31. The lowest BCUT2D eigenvalue weighted by Crippen LogP contribution is -2.02. The molecular formula is C13H11ClN6O. The zero-order valence-electron chi connectivity index (χ0n) is 11.1. The number of ether oxygens (including phenoxy) is 1. The Bertz CT molecular complexity index is 729. The van der Waals surface area contributed by atoms with Crippen molar-refractivity contribution in [2.75, 3.05) is 12.4 Å². The average molecular weight is 303 g/mol. The minimum Gasteiger partial charge on any atom is -0.480 e. The van der Waals surface area contributed by atoms with Crippen molar-refractivity contribution in [1.82, 2.24) is 25.0 Å². The molecule has 106 valence electrons. The molecule has 0 radical (unpaired) electrons. The van der Waals surface area contributed by atoms with Gasteiger partial charge in [0, 0.05) is 11.1 Å². The molecule has 0 amide bonds. The number of halogens is 1. The zero-order chi connectivity index (χ0) is 14.7. The van der Waals surface area contributed by atoms with Crippen molar-refractivity contribution in [3.63, 3.8) is 0 Å². The first-order chi connectivity index (χ1) is 10.3. The van der Waals surface area contributed by atoms with Gasteiger partial charge in [-0.2, -0.15) is 5.10 Å². The Kier molecular flexibility index (Phi) is 3.65. The third-order valence-electron chi connectivity index (χ3n) is 2.74. The normalized spacial score (nSPS) is 10.4. The number of rotatable bonds is 4. The second-order valence-corrected chi connectivity index (χ2v) is 4.52.